The number of nitrogens with zero attached hydrogens (tertiary/aromatic N) is 6. The van der Waals surface area contributed by atoms with Crippen molar-refractivity contribution in [2.45, 2.75) is 202 Å². The predicted molar refractivity (Wildman–Crippen MR) is 298 cm³/mol. The summed E-state index contributed by atoms with van der Waals surface area (Å²) < 4.78 is 0. The Bertz CT molecular complexity index is 1960. The standard InChI is InChI=1S/C11H14N2.C10H13N3.2C9H13N.C8H13N.5C2H6.CH4/c1-11(2,3)9-7-13-10-8(9)5-4-6-12-10;1-10(2,3)7-6-13-9-8(7)11-4-5-12-9;1-9(2,3)8-4-6-10-7-5-8;1-9(2,3)8-5-4-6-10-7-8;1-8(2,3)7-4-5-9-6-7;5*1-2;/h4-7H,1-3H3,(H,12,13);4-6H,1-3H3,(H,12,13);2*4-7H,1-3H3;4,6H,5H2,1-3H3;5*1-2H3;1H4. The van der Waals surface area contributed by atoms with Gasteiger partial charge < -0.3 is 9.97 Å². The van der Waals surface area contributed by atoms with Gasteiger partial charge in [-0.05, 0) is 79.7 Å². The highest BCUT2D eigenvalue weighted by Crippen LogP contribution is 2.29. The van der Waals surface area contributed by atoms with Crippen molar-refractivity contribution in [1.29, 1.82) is 0 Å². The number of nitrogens with one attached hydrogen (secondary N) is 2. The van der Waals surface area contributed by atoms with Crippen molar-refractivity contribution in [3.63, 3.8) is 0 Å². The molecule has 7 rings (SSSR count). The van der Waals surface area contributed by atoms with Crippen LogP contribution in [0.1, 0.15) is 203 Å². The largest absolute Gasteiger partial charge is 0.346 e. The third kappa shape index (κ3) is 25.6. The van der Waals surface area contributed by atoms with E-state index in [-0.39, 0.29) is 29.1 Å². The highest BCUT2D eigenvalue weighted by atomic mass is 14.9. The second-order valence-electron chi connectivity index (χ2n) is 18.9. The van der Waals surface area contributed by atoms with E-state index in [1.807, 2.05) is 119 Å². The molecular weight excluding hydrogens is 809 g/mol. The van der Waals surface area contributed by atoms with Gasteiger partial charge in [0.2, 0.25) is 0 Å². The minimum Gasteiger partial charge on any atom is -0.346 e. The molecule has 1 aliphatic heterocycles. The van der Waals surface area contributed by atoms with Crippen LogP contribution in [0.4, 0.5) is 0 Å². The number of H-pyrrole nitrogens is 2. The Balaban J connectivity index is -0.000000348. The molecule has 66 heavy (non-hydrogen) atoms. The summed E-state index contributed by atoms with van der Waals surface area (Å²) in [6.45, 7) is 53.8. The molecule has 0 bridgehead atoms. The number of allylic oxidation sites excluding steroid dienone is 1. The number of aromatic nitrogens is 7. The van der Waals surface area contributed by atoms with E-state index in [1.165, 1.54) is 33.2 Å². The second-order valence-corrected chi connectivity index (χ2v) is 18.9. The van der Waals surface area contributed by atoms with E-state index in [9.17, 15) is 0 Å². The van der Waals surface area contributed by atoms with Crippen LogP contribution in [0.5, 0.6) is 0 Å². The van der Waals surface area contributed by atoms with Crippen LogP contribution in [0.15, 0.2) is 109 Å². The zero-order chi connectivity index (χ0) is 51.1. The summed E-state index contributed by atoms with van der Waals surface area (Å²) in [5.74, 6) is 0. The SMILES string of the molecule is C.CC.CC.CC.CC.CC.CC(C)(C)C1=CCN=C1.CC(C)(C)c1c[nH]c2ncccc12.CC(C)(C)c1c[nH]c2nccnc12.CC(C)(C)c1cccnc1.CC(C)(C)c1ccncc1. The fourth-order valence-corrected chi connectivity index (χ4v) is 5.51. The molecule has 0 aromatic carbocycles. The first-order chi connectivity index (χ1) is 30.5. The lowest BCUT2D eigenvalue weighted by Crippen LogP contribution is -2.10. The topological polar surface area (TPSA) is 108 Å². The maximum Gasteiger partial charge on any atom is 0.156 e. The van der Waals surface area contributed by atoms with Gasteiger partial charge in [-0.2, -0.15) is 0 Å². The molecule has 0 fully saturated rings. The van der Waals surface area contributed by atoms with Crippen molar-refractivity contribution in [3.8, 4) is 0 Å². The van der Waals surface area contributed by atoms with E-state index >= 15 is 0 Å². The predicted octanol–water partition coefficient (Wildman–Crippen LogP) is 17.7. The number of hydrogen-bond acceptors (Lipinski definition) is 6. The van der Waals surface area contributed by atoms with E-state index in [4.69, 9.17) is 0 Å². The Morgan fingerprint density at radius 2 is 0.909 bits per heavy atom. The molecule has 0 atom stereocenters. The molecule has 1 aliphatic rings. The summed E-state index contributed by atoms with van der Waals surface area (Å²) in [5, 5.41) is 1.23. The van der Waals surface area contributed by atoms with E-state index < -0.39 is 0 Å². The fourth-order valence-electron chi connectivity index (χ4n) is 5.51. The highest BCUT2D eigenvalue weighted by Gasteiger charge is 2.20. The van der Waals surface area contributed by atoms with Crippen LogP contribution in [0.3, 0.4) is 0 Å². The molecule has 0 unspecified atom stereocenters. The van der Waals surface area contributed by atoms with Crippen LogP contribution in [0.2, 0.25) is 0 Å². The third-order valence-corrected chi connectivity index (χ3v) is 8.96. The molecular formula is C58H100N8. The summed E-state index contributed by atoms with van der Waals surface area (Å²) in [7, 11) is 0. The van der Waals surface area contributed by atoms with Crippen molar-refractivity contribution >= 4 is 28.4 Å². The molecule has 8 heteroatoms. The quantitative estimate of drug-likeness (QED) is 0.158. The smallest absolute Gasteiger partial charge is 0.156 e. The van der Waals surface area contributed by atoms with Crippen molar-refractivity contribution in [2.24, 2.45) is 10.4 Å². The van der Waals surface area contributed by atoms with E-state index in [0.29, 0.717) is 5.41 Å². The first-order valence-corrected chi connectivity index (χ1v) is 24.2. The lowest BCUT2D eigenvalue weighted by molar-refractivity contribution is 0.527. The normalized spacial score (nSPS) is 11.3. The van der Waals surface area contributed by atoms with Crippen LogP contribution >= 0.6 is 0 Å². The molecule has 0 spiro atoms. The van der Waals surface area contributed by atoms with Crippen molar-refractivity contribution in [3.05, 3.63) is 126 Å². The third-order valence-electron chi connectivity index (χ3n) is 8.96. The average Bonchev–Trinajstić information content (AvgIpc) is 4.09. The molecule has 0 aliphatic carbocycles. The number of aliphatic imine (C=N–C) groups is 1. The van der Waals surface area contributed by atoms with Crippen LogP contribution in [-0.2, 0) is 21.7 Å². The van der Waals surface area contributed by atoms with E-state index in [2.05, 4.69) is 180 Å². The van der Waals surface area contributed by atoms with Gasteiger partial charge in [-0.15, -0.1) is 0 Å². The maximum atomic E-state index is 4.31. The van der Waals surface area contributed by atoms with Gasteiger partial charge in [-0.3, -0.25) is 19.9 Å². The number of rotatable bonds is 0. The number of hydrogen-bond donors (Lipinski definition) is 2. The molecule has 2 N–H and O–H groups in total. The first kappa shape index (κ1) is 67.6. The zero-order valence-corrected chi connectivity index (χ0v) is 46.2. The Morgan fingerprint density at radius 3 is 1.30 bits per heavy atom. The van der Waals surface area contributed by atoms with Gasteiger partial charge in [0.25, 0.3) is 0 Å². The number of pyridine rings is 3. The Morgan fingerprint density at radius 1 is 0.439 bits per heavy atom. The van der Waals surface area contributed by atoms with Crippen molar-refractivity contribution < 1.29 is 0 Å². The molecule has 6 aromatic heterocycles. The summed E-state index contributed by atoms with van der Waals surface area (Å²) >= 11 is 0. The summed E-state index contributed by atoms with van der Waals surface area (Å²) in [6.07, 6.45) is 20.8. The number of aromatic amines is 2. The zero-order valence-electron chi connectivity index (χ0n) is 46.2. The van der Waals surface area contributed by atoms with Gasteiger partial charge in [0.1, 0.15) is 11.2 Å². The van der Waals surface area contributed by atoms with Crippen molar-refractivity contribution in [1.82, 2.24) is 34.9 Å². The molecule has 0 saturated heterocycles. The van der Waals surface area contributed by atoms with Gasteiger partial charge >= 0.3 is 0 Å². The minimum atomic E-state index is 0. The van der Waals surface area contributed by atoms with Gasteiger partial charge in [-0.1, -0.05) is 193 Å². The van der Waals surface area contributed by atoms with Gasteiger partial charge in [0.05, 0.1) is 6.54 Å². The molecule has 0 saturated carbocycles. The highest BCUT2D eigenvalue weighted by molar-refractivity contribution is 5.82. The van der Waals surface area contributed by atoms with Crippen LogP contribution in [-0.4, -0.2) is 47.6 Å². The lowest BCUT2D eigenvalue weighted by Gasteiger charge is -2.17. The Labute approximate surface area is 407 Å². The second kappa shape index (κ2) is 34.3. The van der Waals surface area contributed by atoms with E-state index in [0.717, 1.165) is 23.4 Å². The summed E-state index contributed by atoms with van der Waals surface area (Å²) in [5.41, 5.74) is 10.4. The minimum absolute atomic E-state index is 0. The number of fused-ring (bicyclic) bond motifs is 2. The van der Waals surface area contributed by atoms with Gasteiger partial charge in [-0.25, -0.2) is 9.97 Å². The van der Waals surface area contributed by atoms with E-state index in [1.54, 1.807) is 18.6 Å². The Kier molecular flexibility index (Phi) is 35.2. The van der Waals surface area contributed by atoms with Crippen LogP contribution in [0, 0.1) is 5.41 Å². The maximum absolute atomic E-state index is 4.31. The van der Waals surface area contributed by atoms with Crippen LogP contribution in [0.25, 0.3) is 22.2 Å². The molecule has 7 heterocycles. The van der Waals surface area contributed by atoms with Crippen LogP contribution < -0.4 is 0 Å². The van der Waals surface area contributed by atoms with Gasteiger partial charge in [0.15, 0.2) is 5.65 Å². The summed E-state index contributed by atoms with van der Waals surface area (Å²) in [6, 6.07) is 12.3. The fraction of sp³-hybridized carbons (Fsp3) is 0.552. The summed E-state index contributed by atoms with van der Waals surface area (Å²) in [4.78, 5) is 31.2. The molecule has 6 aromatic rings. The Hall–Kier alpha value is -4.98. The molecule has 0 radical (unpaired) electrons. The molecule has 0 amide bonds. The monoisotopic (exact) mass is 909 g/mol. The first-order valence-electron chi connectivity index (χ1n) is 24.2. The van der Waals surface area contributed by atoms with Crippen molar-refractivity contribution in [2.75, 3.05) is 6.54 Å². The van der Waals surface area contributed by atoms with Gasteiger partial charge in [0, 0.05) is 72.9 Å². The molecule has 8 nitrogen and oxygen atoms in total. The average molecular weight is 909 g/mol. The molecule has 372 valence electrons. The lowest BCUT2D eigenvalue weighted by atomic mass is 9.87.